The molecule has 0 aliphatic carbocycles. The molecule has 0 aliphatic rings. The lowest BCUT2D eigenvalue weighted by atomic mass is 9.92. The third-order valence-electron chi connectivity index (χ3n) is 2.98. The van der Waals surface area contributed by atoms with Crippen molar-refractivity contribution in [2.45, 2.75) is 31.2 Å². The maximum Gasteiger partial charge on any atom is 0.432 e. The number of carbonyl (C=O) groups is 1. The number of alkyl halides is 3. The Labute approximate surface area is 121 Å². The lowest BCUT2D eigenvalue weighted by Gasteiger charge is -2.33. The Hall–Kier alpha value is -2.00. The van der Waals surface area contributed by atoms with Crippen LogP contribution in [0, 0.1) is 12.3 Å². The third kappa shape index (κ3) is 3.19. The highest BCUT2D eigenvalue weighted by Gasteiger charge is 2.64. The van der Waals surface area contributed by atoms with E-state index in [2.05, 4.69) is 10.7 Å². The molecule has 0 aliphatic heterocycles. The minimum atomic E-state index is -4.99. The van der Waals surface area contributed by atoms with Crippen LogP contribution in [0.25, 0.3) is 0 Å². The average molecular weight is 300 g/mol. The number of methoxy groups -OCH3 is 1. The van der Waals surface area contributed by atoms with Crippen LogP contribution in [0.5, 0.6) is 0 Å². The fourth-order valence-corrected chi connectivity index (χ4v) is 1.83. The van der Waals surface area contributed by atoms with E-state index in [1.807, 2.05) is 0 Å². The highest BCUT2D eigenvalue weighted by Crippen LogP contribution is 2.43. The zero-order chi connectivity index (χ0) is 16.1. The van der Waals surface area contributed by atoms with Crippen LogP contribution in [-0.4, -0.2) is 25.4 Å². The van der Waals surface area contributed by atoms with Gasteiger partial charge in [0.15, 0.2) is 6.10 Å². The van der Waals surface area contributed by atoms with Gasteiger partial charge in [0.2, 0.25) is 0 Å². The van der Waals surface area contributed by atoms with Gasteiger partial charge in [-0.2, -0.15) is 13.2 Å². The summed E-state index contributed by atoms with van der Waals surface area (Å²) in [6, 6.07) is 6.58. The Balaban J connectivity index is 3.33. The first-order valence-electron chi connectivity index (χ1n) is 6.18. The summed E-state index contributed by atoms with van der Waals surface area (Å²) in [6.45, 7) is 1.60. The monoisotopic (exact) mass is 300 g/mol. The quantitative estimate of drug-likeness (QED) is 0.619. The summed E-state index contributed by atoms with van der Waals surface area (Å²) >= 11 is 0. The summed E-state index contributed by atoms with van der Waals surface area (Å²) in [6.07, 6.45) is -0.719. The SMILES string of the molecule is C#CC(CC)OC(=O)[C@](OC)(c1ccccc1)C(F)(F)F. The number of hydrogen-bond donors (Lipinski definition) is 0. The number of benzene rings is 1. The van der Waals surface area contributed by atoms with Crippen LogP contribution in [0.4, 0.5) is 13.2 Å². The van der Waals surface area contributed by atoms with E-state index < -0.39 is 23.9 Å². The smallest absolute Gasteiger partial charge is 0.432 e. The highest BCUT2D eigenvalue weighted by molar-refractivity contribution is 5.83. The summed E-state index contributed by atoms with van der Waals surface area (Å²) in [5, 5.41) is 0. The van der Waals surface area contributed by atoms with E-state index in [0.717, 1.165) is 19.2 Å². The maximum atomic E-state index is 13.5. The average Bonchev–Trinajstić information content (AvgIpc) is 2.45. The lowest BCUT2D eigenvalue weighted by Crippen LogP contribution is -2.52. The van der Waals surface area contributed by atoms with Gasteiger partial charge in [-0.3, -0.25) is 0 Å². The Morgan fingerprint density at radius 3 is 2.29 bits per heavy atom. The van der Waals surface area contributed by atoms with Crippen molar-refractivity contribution < 1.29 is 27.4 Å². The number of ether oxygens (including phenoxy) is 2. The second-order valence-corrected chi connectivity index (χ2v) is 4.22. The fraction of sp³-hybridized carbons (Fsp3) is 0.400. The predicted molar refractivity (Wildman–Crippen MR) is 70.2 cm³/mol. The van der Waals surface area contributed by atoms with Crippen molar-refractivity contribution >= 4 is 5.97 Å². The molecule has 0 aromatic heterocycles. The van der Waals surface area contributed by atoms with E-state index in [1.54, 1.807) is 6.92 Å². The van der Waals surface area contributed by atoms with E-state index in [-0.39, 0.29) is 12.0 Å². The molecule has 0 spiro atoms. The number of terminal acetylenes is 1. The molecule has 1 rings (SSSR count). The molecule has 0 heterocycles. The highest BCUT2D eigenvalue weighted by atomic mass is 19.4. The van der Waals surface area contributed by atoms with Crippen molar-refractivity contribution in [2.24, 2.45) is 0 Å². The molecule has 3 nitrogen and oxygen atoms in total. The van der Waals surface area contributed by atoms with Crippen LogP contribution >= 0.6 is 0 Å². The third-order valence-corrected chi connectivity index (χ3v) is 2.98. The maximum absolute atomic E-state index is 13.5. The van der Waals surface area contributed by atoms with Gasteiger partial charge in [-0.05, 0) is 6.42 Å². The number of rotatable bonds is 5. The molecular formula is C15H15F3O3. The minimum absolute atomic E-state index is 0.203. The van der Waals surface area contributed by atoms with Gasteiger partial charge in [-0.25, -0.2) is 4.79 Å². The van der Waals surface area contributed by atoms with Crippen LogP contribution in [-0.2, 0) is 19.9 Å². The standard InChI is InChI=1S/C15H15F3O3/c1-4-12(5-2)21-13(19)14(20-3,15(16,17)18)11-9-7-6-8-10-11/h1,6-10,12H,5H2,2-3H3/t12?,14-/m1/s1. The second kappa shape index (κ2) is 6.64. The van der Waals surface area contributed by atoms with Gasteiger partial charge in [0, 0.05) is 12.7 Å². The molecule has 1 aromatic rings. The zero-order valence-electron chi connectivity index (χ0n) is 11.6. The molecule has 1 aromatic carbocycles. The molecular weight excluding hydrogens is 285 g/mol. The van der Waals surface area contributed by atoms with Gasteiger partial charge in [0.25, 0.3) is 5.60 Å². The van der Waals surface area contributed by atoms with Crippen LogP contribution < -0.4 is 0 Å². The van der Waals surface area contributed by atoms with Gasteiger partial charge < -0.3 is 9.47 Å². The Morgan fingerprint density at radius 1 is 1.33 bits per heavy atom. The molecule has 0 N–H and O–H groups in total. The van der Waals surface area contributed by atoms with Crippen LogP contribution in [0.3, 0.4) is 0 Å². The first kappa shape index (κ1) is 17.1. The summed E-state index contributed by atoms with van der Waals surface area (Å²) in [4.78, 5) is 12.1. The molecule has 1 unspecified atom stereocenters. The van der Waals surface area contributed by atoms with Gasteiger partial charge in [0.1, 0.15) is 0 Å². The molecule has 0 fully saturated rings. The van der Waals surface area contributed by atoms with Crippen LogP contribution in [0.1, 0.15) is 18.9 Å². The van der Waals surface area contributed by atoms with Crippen molar-refractivity contribution in [3.8, 4) is 12.3 Å². The van der Waals surface area contributed by atoms with Gasteiger partial charge >= 0.3 is 12.1 Å². The normalized spacial score (nSPS) is 15.6. The second-order valence-electron chi connectivity index (χ2n) is 4.22. The number of hydrogen-bond acceptors (Lipinski definition) is 3. The van der Waals surface area contributed by atoms with Gasteiger partial charge in [0.05, 0.1) is 0 Å². The zero-order valence-corrected chi connectivity index (χ0v) is 11.6. The largest absolute Gasteiger partial charge is 0.447 e. The molecule has 2 atom stereocenters. The fourth-order valence-electron chi connectivity index (χ4n) is 1.83. The van der Waals surface area contributed by atoms with Gasteiger partial charge in [-0.15, -0.1) is 6.42 Å². The van der Waals surface area contributed by atoms with E-state index >= 15 is 0 Å². The lowest BCUT2D eigenvalue weighted by molar-refractivity contribution is -0.277. The number of carbonyl (C=O) groups excluding carboxylic acids is 1. The molecule has 0 saturated carbocycles. The molecule has 21 heavy (non-hydrogen) atoms. The topological polar surface area (TPSA) is 35.5 Å². The Kier molecular flexibility index (Phi) is 5.39. The van der Waals surface area contributed by atoms with E-state index in [4.69, 9.17) is 11.2 Å². The molecule has 114 valence electrons. The van der Waals surface area contributed by atoms with Crippen molar-refractivity contribution in [1.82, 2.24) is 0 Å². The van der Waals surface area contributed by atoms with Crippen molar-refractivity contribution in [3.05, 3.63) is 35.9 Å². The van der Waals surface area contributed by atoms with Crippen molar-refractivity contribution in [1.29, 1.82) is 0 Å². The minimum Gasteiger partial charge on any atom is -0.447 e. The van der Waals surface area contributed by atoms with Crippen molar-refractivity contribution in [3.63, 3.8) is 0 Å². The van der Waals surface area contributed by atoms with E-state index in [1.165, 1.54) is 18.2 Å². The summed E-state index contributed by atoms with van der Waals surface area (Å²) < 4.78 is 49.8. The number of esters is 1. The molecule has 0 bridgehead atoms. The molecule has 0 radical (unpaired) electrons. The van der Waals surface area contributed by atoms with Crippen LogP contribution in [0.15, 0.2) is 30.3 Å². The molecule has 6 heteroatoms. The summed E-state index contributed by atoms with van der Waals surface area (Å²) in [5.74, 6) is 0.540. The first-order chi connectivity index (χ1) is 9.83. The van der Waals surface area contributed by atoms with E-state index in [9.17, 15) is 18.0 Å². The summed E-state index contributed by atoms with van der Waals surface area (Å²) in [5.41, 5.74) is -3.56. The Morgan fingerprint density at radius 2 is 1.90 bits per heavy atom. The predicted octanol–water partition coefficient (Wildman–Crippen LogP) is 3.05. The summed E-state index contributed by atoms with van der Waals surface area (Å²) in [7, 11) is 0.804. The van der Waals surface area contributed by atoms with Crippen molar-refractivity contribution in [2.75, 3.05) is 7.11 Å². The molecule has 0 amide bonds. The molecule has 0 saturated heterocycles. The number of halogens is 3. The van der Waals surface area contributed by atoms with Crippen LogP contribution in [0.2, 0.25) is 0 Å². The van der Waals surface area contributed by atoms with E-state index in [0.29, 0.717) is 0 Å². The Bertz CT molecular complexity index is 519. The first-order valence-corrected chi connectivity index (χ1v) is 6.18. The van der Waals surface area contributed by atoms with Gasteiger partial charge in [-0.1, -0.05) is 43.2 Å².